The van der Waals surface area contributed by atoms with Gasteiger partial charge in [0.05, 0.1) is 6.04 Å². The maximum Gasteiger partial charge on any atom is 0.320 e. The molecule has 2 atom stereocenters. The van der Waals surface area contributed by atoms with E-state index in [1.165, 1.54) is 0 Å². The predicted molar refractivity (Wildman–Crippen MR) is 60.1 cm³/mol. The van der Waals surface area contributed by atoms with E-state index in [1.54, 1.807) is 0 Å². The summed E-state index contributed by atoms with van der Waals surface area (Å²) >= 11 is 0. The van der Waals surface area contributed by atoms with Crippen LogP contribution in [0.4, 0.5) is 0 Å². The van der Waals surface area contributed by atoms with Gasteiger partial charge in [-0.05, 0) is 39.6 Å². The highest BCUT2D eigenvalue weighted by atomic mass is 16.4. The lowest BCUT2D eigenvalue weighted by Crippen LogP contribution is -2.35. The topological polar surface area (TPSA) is 79.7 Å². The van der Waals surface area contributed by atoms with Crippen LogP contribution >= 0.6 is 0 Å². The zero-order chi connectivity index (χ0) is 12.3. The number of carbonyl (C=O) groups is 1. The van der Waals surface area contributed by atoms with Crippen LogP contribution in [0.2, 0.25) is 0 Å². The maximum atomic E-state index is 10.7. The highest BCUT2D eigenvalue weighted by Crippen LogP contribution is 2.24. The number of hydrogen-bond acceptors (Lipinski definition) is 4. The number of aryl methyl sites for hydroxylation is 1. The number of hydrogen-bond donors (Lipinski definition) is 2. The molecule has 90 valence electrons. The summed E-state index contributed by atoms with van der Waals surface area (Å²) in [6.07, 6.45) is 0.329. The van der Waals surface area contributed by atoms with Crippen molar-refractivity contribution in [3.63, 3.8) is 0 Å². The van der Waals surface area contributed by atoms with E-state index in [9.17, 15) is 4.79 Å². The Bertz CT molecular complexity index is 360. The second-order valence-corrected chi connectivity index (χ2v) is 4.11. The van der Waals surface area contributed by atoms with Gasteiger partial charge in [0.15, 0.2) is 0 Å². The van der Waals surface area contributed by atoms with Gasteiger partial charge in [-0.25, -0.2) is 0 Å². The van der Waals surface area contributed by atoms with Crippen LogP contribution in [0, 0.1) is 6.92 Å². The van der Waals surface area contributed by atoms with Crippen molar-refractivity contribution in [3.8, 4) is 0 Å². The van der Waals surface area contributed by atoms with Crippen LogP contribution in [0.25, 0.3) is 0 Å². The summed E-state index contributed by atoms with van der Waals surface area (Å²) in [7, 11) is 3.74. The van der Waals surface area contributed by atoms with Gasteiger partial charge in [0, 0.05) is 0 Å². The lowest BCUT2D eigenvalue weighted by molar-refractivity contribution is -0.139. The Morgan fingerprint density at radius 2 is 2.19 bits per heavy atom. The van der Waals surface area contributed by atoms with Crippen LogP contribution < -0.4 is 5.73 Å². The number of rotatable bonds is 5. The Hall–Kier alpha value is -1.33. The van der Waals surface area contributed by atoms with Gasteiger partial charge in [0.2, 0.25) is 0 Å². The Kier molecular flexibility index (Phi) is 4.09. The maximum absolute atomic E-state index is 10.7. The zero-order valence-electron chi connectivity index (χ0n) is 9.80. The van der Waals surface area contributed by atoms with E-state index >= 15 is 0 Å². The quantitative estimate of drug-likeness (QED) is 0.782. The van der Waals surface area contributed by atoms with Crippen LogP contribution in [0.5, 0.6) is 0 Å². The van der Waals surface area contributed by atoms with Crippen molar-refractivity contribution in [2.75, 3.05) is 14.1 Å². The van der Waals surface area contributed by atoms with Gasteiger partial charge in [-0.3, -0.25) is 9.69 Å². The van der Waals surface area contributed by atoms with Crippen LogP contribution in [-0.2, 0) is 4.79 Å². The number of aliphatic carboxylic acids is 1. The summed E-state index contributed by atoms with van der Waals surface area (Å²) in [5, 5.41) is 8.79. The summed E-state index contributed by atoms with van der Waals surface area (Å²) in [6, 6.07) is 2.73. The normalized spacial score (nSPS) is 15.1. The molecule has 1 aromatic heterocycles. The highest BCUT2D eigenvalue weighted by Gasteiger charge is 2.24. The molecule has 0 amide bonds. The minimum Gasteiger partial charge on any atom is -0.480 e. The summed E-state index contributed by atoms with van der Waals surface area (Å²) < 4.78 is 5.50. The molecular formula is C11H18N2O3. The monoisotopic (exact) mass is 226 g/mol. The van der Waals surface area contributed by atoms with Crippen molar-refractivity contribution < 1.29 is 14.3 Å². The first-order chi connectivity index (χ1) is 7.41. The summed E-state index contributed by atoms with van der Waals surface area (Å²) in [5.74, 6) is 0.570. The summed E-state index contributed by atoms with van der Waals surface area (Å²) in [5.41, 5.74) is 5.53. The second kappa shape index (κ2) is 5.14. The number of furan rings is 1. The fourth-order valence-corrected chi connectivity index (χ4v) is 1.56. The first kappa shape index (κ1) is 12.7. The lowest BCUT2D eigenvalue weighted by atomic mass is 10.0. The molecule has 2 unspecified atom stereocenters. The standard InChI is InChI=1S/C11H18N2O3/c1-7-4-5-10(16-7)9(13(2)3)6-8(12)11(14)15/h4-5,8-9H,6,12H2,1-3H3,(H,14,15). The first-order valence-corrected chi connectivity index (χ1v) is 5.13. The van der Waals surface area contributed by atoms with Crippen molar-refractivity contribution >= 4 is 5.97 Å². The average molecular weight is 226 g/mol. The van der Waals surface area contributed by atoms with Gasteiger partial charge >= 0.3 is 5.97 Å². The minimum atomic E-state index is -0.991. The molecule has 1 heterocycles. The number of carboxylic acid groups (broad SMARTS) is 1. The highest BCUT2D eigenvalue weighted by molar-refractivity contribution is 5.73. The van der Waals surface area contributed by atoms with E-state index in [4.69, 9.17) is 15.3 Å². The van der Waals surface area contributed by atoms with Gasteiger partial charge in [-0.2, -0.15) is 0 Å². The molecule has 0 aromatic carbocycles. The van der Waals surface area contributed by atoms with Gasteiger partial charge < -0.3 is 15.3 Å². The van der Waals surface area contributed by atoms with E-state index < -0.39 is 12.0 Å². The van der Waals surface area contributed by atoms with Crippen LogP contribution in [0.3, 0.4) is 0 Å². The van der Waals surface area contributed by atoms with Crippen molar-refractivity contribution in [1.82, 2.24) is 4.90 Å². The Labute approximate surface area is 94.8 Å². The molecule has 1 aromatic rings. The Morgan fingerprint density at radius 1 is 1.56 bits per heavy atom. The molecule has 0 fully saturated rings. The molecule has 0 aliphatic rings. The molecule has 0 aliphatic carbocycles. The zero-order valence-corrected chi connectivity index (χ0v) is 9.80. The van der Waals surface area contributed by atoms with Gasteiger partial charge in [-0.15, -0.1) is 0 Å². The molecule has 3 N–H and O–H groups in total. The van der Waals surface area contributed by atoms with Crippen LogP contribution in [0.15, 0.2) is 16.5 Å². The predicted octanol–water partition coefficient (Wildman–Crippen LogP) is 0.993. The summed E-state index contributed by atoms with van der Waals surface area (Å²) in [4.78, 5) is 12.6. The molecule has 0 spiro atoms. The summed E-state index contributed by atoms with van der Waals surface area (Å²) in [6.45, 7) is 1.85. The molecular weight excluding hydrogens is 208 g/mol. The van der Waals surface area contributed by atoms with Gasteiger partial charge in [0.1, 0.15) is 17.6 Å². The molecule has 5 nitrogen and oxygen atoms in total. The van der Waals surface area contributed by atoms with Gasteiger partial charge in [0.25, 0.3) is 0 Å². The van der Waals surface area contributed by atoms with Crippen molar-refractivity contribution in [3.05, 3.63) is 23.7 Å². The van der Waals surface area contributed by atoms with E-state index in [0.29, 0.717) is 6.42 Å². The molecule has 5 heteroatoms. The van der Waals surface area contributed by atoms with Gasteiger partial charge in [-0.1, -0.05) is 0 Å². The molecule has 0 saturated carbocycles. The second-order valence-electron chi connectivity index (χ2n) is 4.11. The fourth-order valence-electron chi connectivity index (χ4n) is 1.56. The van der Waals surface area contributed by atoms with Crippen LogP contribution in [-0.4, -0.2) is 36.1 Å². The smallest absolute Gasteiger partial charge is 0.320 e. The number of carboxylic acids is 1. The lowest BCUT2D eigenvalue weighted by Gasteiger charge is -2.23. The first-order valence-electron chi connectivity index (χ1n) is 5.13. The third-order valence-electron chi connectivity index (χ3n) is 2.51. The van der Waals surface area contributed by atoms with E-state index in [1.807, 2.05) is 38.1 Å². The molecule has 16 heavy (non-hydrogen) atoms. The molecule has 0 radical (unpaired) electrons. The third kappa shape index (κ3) is 3.08. The largest absolute Gasteiger partial charge is 0.480 e. The average Bonchev–Trinajstić information content (AvgIpc) is 2.59. The van der Waals surface area contributed by atoms with Crippen molar-refractivity contribution in [2.45, 2.75) is 25.4 Å². The molecule has 0 bridgehead atoms. The molecule has 1 rings (SSSR count). The third-order valence-corrected chi connectivity index (χ3v) is 2.51. The minimum absolute atomic E-state index is 0.111. The fraction of sp³-hybridized carbons (Fsp3) is 0.545. The van der Waals surface area contributed by atoms with Crippen LogP contribution in [0.1, 0.15) is 24.0 Å². The molecule has 0 saturated heterocycles. The number of nitrogens with two attached hydrogens (primary N) is 1. The van der Waals surface area contributed by atoms with Crippen molar-refractivity contribution in [2.24, 2.45) is 5.73 Å². The Balaban J connectivity index is 2.80. The Morgan fingerprint density at radius 3 is 2.56 bits per heavy atom. The SMILES string of the molecule is Cc1ccc(C(CC(N)C(=O)O)N(C)C)o1. The van der Waals surface area contributed by atoms with E-state index in [2.05, 4.69) is 0 Å². The van der Waals surface area contributed by atoms with Crippen molar-refractivity contribution in [1.29, 1.82) is 0 Å². The van der Waals surface area contributed by atoms with E-state index in [-0.39, 0.29) is 6.04 Å². The number of nitrogens with zero attached hydrogens (tertiary/aromatic N) is 1. The van der Waals surface area contributed by atoms with E-state index in [0.717, 1.165) is 11.5 Å². The molecule has 0 aliphatic heterocycles.